The van der Waals surface area contributed by atoms with Gasteiger partial charge in [0.15, 0.2) is 0 Å². The number of hydrogen-bond donors (Lipinski definition) is 2. The molecule has 108 valence electrons. The normalized spacial score (nSPS) is 9.95. The first-order valence-electron chi connectivity index (χ1n) is 6.77. The van der Waals surface area contributed by atoms with Gasteiger partial charge in [0.2, 0.25) is 0 Å². The lowest BCUT2D eigenvalue weighted by atomic mass is 10.1. The van der Waals surface area contributed by atoms with Gasteiger partial charge in [-0.05, 0) is 37.3 Å². The molecule has 1 heterocycles. The smallest absolute Gasteiger partial charge is 0.251 e. The summed E-state index contributed by atoms with van der Waals surface area (Å²) in [7, 11) is 0. The van der Waals surface area contributed by atoms with Gasteiger partial charge in [-0.15, -0.1) is 0 Å². The van der Waals surface area contributed by atoms with Gasteiger partial charge in [0.25, 0.3) is 11.8 Å². The van der Waals surface area contributed by atoms with Gasteiger partial charge in [-0.25, -0.2) is 0 Å². The molecular weight excluding hydrogens is 266 g/mol. The largest absolute Gasteiger partial charge is 0.352 e. The Hall–Kier alpha value is -2.69. The lowest BCUT2D eigenvalue weighted by Crippen LogP contribution is -2.25. The maximum absolute atomic E-state index is 12.1. The van der Waals surface area contributed by atoms with E-state index in [9.17, 15) is 9.59 Å². The van der Waals surface area contributed by atoms with Crippen LogP contribution in [0.25, 0.3) is 0 Å². The minimum absolute atomic E-state index is 0.183. The van der Waals surface area contributed by atoms with Crippen LogP contribution in [0.2, 0.25) is 0 Å². The lowest BCUT2D eigenvalue weighted by Gasteiger charge is -2.07. The van der Waals surface area contributed by atoms with Crippen LogP contribution in [0.5, 0.6) is 0 Å². The Labute approximate surface area is 123 Å². The van der Waals surface area contributed by atoms with Gasteiger partial charge in [-0.1, -0.05) is 12.1 Å². The summed E-state index contributed by atoms with van der Waals surface area (Å²) in [6.45, 7) is 2.75. The predicted molar refractivity (Wildman–Crippen MR) is 79.9 cm³/mol. The average Bonchev–Trinajstić information content (AvgIpc) is 2.54. The van der Waals surface area contributed by atoms with Crippen molar-refractivity contribution in [1.82, 2.24) is 15.6 Å². The van der Waals surface area contributed by atoms with Crippen LogP contribution >= 0.6 is 0 Å². The van der Waals surface area contributed by atoms with Crippen molar-refractivity contribution in [2.45, 2.75) is 13.5 Å². The molecule has 2 N–H and O–H groups in total. The van der Waals surface area contributed by atoms with Gasteiger partial charge < -0.3 is 10.6 Å². The van der Waals surface area contributed by atoms with Crippen molar-refractivity contribution < 1.29 is 9.59 Å². The molecule has 2 aromatic rings. The number of benzene rings is 1. The Morgan fingerprint density at radius 2 is 1.71 bits per heavy atom. The van der Waals surface area contributed by atoms with E-state index in [1.807, 2.05) is 25.1 Å². The molecule has 0 atom stereocenters. The number of nitrogens with zero attached hydrogens (tertiary/aromatic N) is 1. The first kappa shape index (κ1) is 14.7. The van der Waals surface area contributed by atoms with E-state index in [-0.39, 0.29) is 11.8 Å². The number of pyridine rings is 1. The molecule has 1 aromatic carbocycles. The van der Waals surface area contributed by atoms with E-state index in [1.54, 1.807) is 30.5 Å². The van der Waals surface area contributed by atoms with Crippen LogP contribution in [-0.2, 0) is 6.54 Å². The Balaban J connectivity index is 2.02. The second-order valence-electron chi connectivity index (χ2n) is 4.44. The summed E-state index contributed by atoms with van der Waals surface area (Å²) < 4.78 is 0. The van der Waals surface area contributed by atoms with Crippen molar-refractivity contribution in [1.29, 1.82) is 0 Å². The molecule has 0 fully saturated rings. The first-order chi connectivity index (χ1) is 10.2. The van der Waals surface area contributed by atoms with Crippen LogP contribution in [0, 0.1) is 0 Å². The number of rotatable bonds is 5. The zero-order valence-electron chi connectivity index (χ0n) is 11.8. The highest BCUT2D eigenvalue weighted by Gasteiger charge is 2.09. The van der Waals surface area contributed by atoms with Crippen LogP contribution in [0.1, 0.15) is 33.3 Å². The highest BCUT2D eigenvalue weighted by atomic mass is 16.2. The van der Waals surface area contributed by atoms with Crippen LogP contribution < -0.4 is 10.6 Å². The zero-order chi connectivity index (χ0) is 15.1. The van der Waals surface area contributed by atoms with E-state index in [4.69, 9.17) is 0 Å². The minimum atomic E-state index is -0.230. The standard InChI is InChI=1S/C16H17N3O2/c1-2-17-15(20)12-6-5-7-13(10-12)16(21)19-11-14-8-3-4-9-18-14/h3-10H,2,11H2,1H3,(H,17,20)(H,19,21). The fourth-order valence-corrected chi connectivity index (χ4v) is 1.84. The first-order valence-corrected chi connectivity index (χ1v) is 6.77. The van der Waals surface area contributed by atoms with Gasteiger partial charge in [-0.3, -0.25) is 14.6 Å². The van der Waals surface area contributed by atoms with E-state index in [0.29, 0.717) is 24.2 Å². The van der Waals surface area contributed by atoms with Gasteiger partial charge in [0.1, 0.15) is 0 Å². The molecule has 0 radical (unpaired) electrons. The predicted octanol–water partition coefficient (Wildman–Crippen LogP) is 1.76. The van der Waals surface area contributed by atoms with Gasteiger partial charge in [0, 0.05) is 23.9 Å². The summed E-state index contributed by atoms with van der Waals surface area (Å²) >= 11 is 0. The molecule has 2 amide bonds. The number of carbonyl (C=O) groups excluding carboxylic acids is 2. The van der Waals surface area contributed by atoms with E-state index >= 15 is 0 Å². The Kier molecular flexibility index (Phi) is 5.04. The molecule has 5 nitrogen and oxygen atoms in total. The van der Waals surface area contributed by atoms with Crippen molar-refractivity contribution in [3.63, 3.8) is 0 Å². The van der Waals surface area contributed by atoms with Crippen LogP contribution in [-0.4, -0.2) is 23.3 Å². The summed E-state index contributed by atoms with van der Waals surface area (Å²) in [5.74, 6) is -0.413. The summed E-state index contributed by atoms with van der Waals surface area (Å²) in [5.41, 5.74) is 1.71. The zero-order valence-corrected chi connectivity index (χ0v) is 11.8. The minimum Gasteiger partial charge on any atom is -0.352 e. The number of aromatic nitrogens is 1. The molecule has 0 spiro atoms. The fourth-order valence-electron chi connectivity index (χ4n) is 1.84. The third-order valence-corrected chi connectivity index (χ3v) is 2.88. The van der Waals surface area contributed by atoms with Gasteiger partial charge >= 0.3 is 0 Å². The monoisotopic (exact) mass is 283 g/mol. The number of nitrogens with one attached hydrogen (secondary N) is 2. The van der Waals surface area contributed by atoms with E-state index in [0.717, 1.165) is 5.69 Å². The Bertz CT molecular complexity index is 626. The second kappa shape index (κ2) is 7.19. The highest BCUT2D eigenvalue weighted by molar-refractivity contribution is 5.99. The highest BCUT2D eigenvalue weighted by Crippen LogP contribution is 2.06. The molecule has 0 aliphatic carbocycles. The molecule has 0 unspecified atom stereocenters. The van der Waals surface area contributed by atoms with Crippen LogP contribution in [0.4, 0.5) is 0 Å². The van der Waals surface area contributed by atoms with Gasteiger partial charge in [0.05, 0.1) is 12.2 Å². The van der Waals surface area contributed by atoms with Crippen molar-refractivity contribution >= 4 is 11.8 Å². The summed E-state index contributed by atoms with van der Waals surface area (Å²) in [6, 6.07) is 12.2. The van der Waals surface area contributed by atoms with Crippen molar-refractivity contribution in [3.8, 4) is 0 Å². The number of hydrogen-bond acceptors (Lipinski definition) is 3. The SMILES string of the molecule is CCNC(=O)c1cccc(C(=O)NCc2ccccn2)c1. The molecule has 0 saturated heterocycles. The Morgan fingerprint density at radius 3 is 2.33 bits per heavy atom. The molecular formula is C16H17N3O2. The third-order valence-electron chi connectivity index (χ3n) is 2.88. The maximum Gasteiger partial charge on any atom is 0.251 e. The van der Waals surface area contributed by atoms with Crippen LogP contribution in [0.15, 0.2) is 48.7 Å². The number of amides is 2. The molecule has 0 bridgehead atoms. The quantitative estimate of drug-likeness (QED) is 0.878. The lowest BCUT2D eigenvalue weighted by molar-refractivity contribution is 0.0950. The molecule has 0 aliphatic rings. The summed E-state index contributed by atoms with van der Waals surface area (Å²) in [4.78, 5) is 28.0. The summed E-state index contributed by atoms with van der Waals surface area (Å²) in [5, 5.41) is 5.49. The van der Waals surface area contributed by atoms with Crippen molar-refractivity contribution in [2.24, 2.45) is 0 Å². The molecule has 2 rings (SSSR count). The number of carbonyl (C=O) groups is 2. The fraction of sp³-hybridized carbons (Fsp3) is 0.188. The van der Waals surface area contributed by atoms with Gasteiger partial charge in [-0.2, -0.15) is 0 Å². The Morgan fingerprint density at radius 1 is 1.00 bits per heavy atom. The molecule has 5 heteroatoms. The molecule has 21 heavy (non-hydrogen) atoms. The van der Waals surface area contributed by atoms with Crippen molar-refractivity contribution in [3.05, 3.63) is 65.5 Å². The van der Waals surface area contributed by atoms with E-state index in [1.165, 1.54) is 0 Å². The maximum atomic E-state index is 12.1. The van der Waals surface area contributed by atoms with Crippen molar-refractivity contribution in [2.75, 3.05) is 6.54 Å². The summed E-state index contributed by atoms with van der Waals surface area (Å²) in [6.07, 6.45) is 1.68. The third kappa shape index (κ3) is 4.14. The molecule has 0 aliphatic heterocycles. The molecule has 1 aromatic heterocycles. The topological polar surface area (TPSA) is 71.1 Å². The second-order valence-corrected chi connectivity index (χ2v) is 4.44. The average molecular weight is 283 g/mol. The molecule has 0 saturated carbocycles. The van der Waals surface area contributed by atoms with Crippen LogP contribution in [0.3, 0.4) is 0 Å². The van der Waals surface area contributed by atoms with E-state index < -0.39 is 0 Å². The van der Waals surface area contributed by atoms with E-state index in [2.05, 4.69) is 15.6 Å².